The first-order chi connectivity index (χ1) is 7.58. The van der Waals surface area contributed by atoms with Gasteiger partial charge in [0.25, 0.3) is 0 Å². The highest BCUT2D eigenvalue weighted by Gasteiger charge is 2.14. The maximum absolute atomic E-state index is 11.0. The van der Waals surface area contributed by atoms with Gasteiger partial charge >= 0.3 is 0 Å². The Hall–Kier alpha value is -1.61. The molecule has 1 unspecified atom stereocenters. The second kappa shape index (κ2) is 4.10. The van der Waals surface area contributed by atoms with Gasteiger partial charge < -0.3 is 5.73 Å². The van der Waals surface area contributed by atoms with E-state index in [2.05, 4.69) is 4.98 Å². The zero-order valence-electron chi connectivity index (χ0n) is 8.77. The number of hydrogen-bond donors (Lipinski definition) is 1. The molecule has 16 heavy (non-hydrogen) atoms. The summed E-state index contributed by atoms with van der Waals surface area (Å²) >= 11 is 5.88. The van der Waals surface area contributed by atoms with E-state index in [1.54, 1.807) is 6.07 Å². The molecule has 0 aliphatic heterocycles. The number of pyridine rings is 1. The van der Waals surface area contributed by atoms with Gasteiger partial charge in [0.2, 0.25) is 5.91 Å². The van der Waals surface area contributed by atoms with Crippen LogP contribution >= 0.6 is 11.6 Å². The molecule has 0 aliphatic carbocycles. The number of benzene rings is 1. The molecule has 0 radical (unpaired) electrons. The standard InChI is InChI=1S/C12H11ClN2O/c1-7-2-3-8-6-9(11(13)12(14)16)4-5-10(8)15-7/h2-6,11H,1H3,(H2,14,16). The molecule has 0 fully saturated rings. The number of alkyl halides is 1. The Kier molecular flexibility index (Phi) is 2.79. The Morgan fingerprint density at radius 2 is 2.12 bits per heavy atom. The van der Waals surface area contributed by atoms with Crippen molar-refractivity contribution in [1.82, 2.24) is 4.98 Å². The predicted octanol–water partition coefficient (Wildman–Crippen LogP) is 2.31. The normalized spacial score (nSPS) is 12.6. The molecule has 0 spiro atoms. The van der Waals surface area contributed by atoms with Gasteiger partial charge in [0.1, 0.15) is 5.38 Å². The molecule has 4 heteroatoms. The minimum absolute atomic E-state index is 0.541. The van der Waals surface area contributed by atoms with Crippen LogP contribution in [0.5, 0.6) is 0 Å². The fraction of sp³-hybridized carbons (Fsp3) is 0.167. The lowest BCUT2D eigenvalue weighted by molar-refractivity contribution is -0.117. The van der Waals surface area contributed by atoms with Crippen molar-refractivity contribution < 1.29 is 4.79 Å². The first-order valence-corrected chi connectivity index (χ1v) is 5.32. The molecule has 0 saturated heterocycles. The van der Waals surface area contributed by atoms with E-state index in [1.807, 2.05) is 31.2 Å². The highest BCUT2D eigenvalue weighted by Crippen LogP contribution is 2.23. The van der Waals surface area contributed by atoms with Crippen LogP contribution in [0, 0.1) is 6.92 Å². The van der Waals surface area contributed by atoms with Crippen molar-refractivity contribution in [1.29, 1.82) is 0 Å². The molecule has 0 saturated carbocycles. The van der Waals surface area contributed by atoms with Crippen LogP contribution < -0.4 is 5.73 Å². The number of aryl methyl sites for hydroxylation is 1. The van der Waals surface area contributed by atoms with Gasteiger partial charge in [-0.05, 0) is 30.7 Å². The van der Waals surface area contributed by atoms with Gasteiger partial charge in [-0.1, -0.05) is 12.1 Å². The number of aromatic nitrogens is 1. The van der Waals surface area contributed by atoms with Crippen LogP contribution in [0.15, 0.2) is 30.3 Å². The van der Waals surface area contributed by atoms with Crippen molar-refractivity contribution in [3.8, 4) is 0 Å². The Morgan fingerprint density at radius 3 is 2.81 bits per heavy atom. The second-order valence-corrected chi connectivity index (χ2v) is 4.11. The summed E-state index contributed by atoms with van der Waals surface area (Å²) in [5.74, 6) is -0.541. The van der Waals surface area contributed by atoms with Gasteiger partial charge in [-0.15, -0.1) is 11.6 Å². The summed E-state index contributed by atoms with van der Waals surface area (Å²) in [5, 5.41) is 0.167. The Morgan fingerprint density at radius 1 is 1.38 bits per heavy atom. The summed E-state index contributed by atoms with van der Waals surface area (Å²) in [7, 11) is 0. The summed E-state index contributed by atoms with van der Waals surface area (Å²) in [5.41, 5.74) is 7.69. The summed E-state index contributed by atoms with van der Waals surface area (Å²) in [6.07, 6.45) is 0. The van der Waals surface area contributed by atoms with E-state index in [9.17, 15) is 4.79 Å². The van der Waals surface area contributed by atoms with Crippen molar-refractivity contribution in [3.63, 3.8) is 0 Å². The molecule has 1 heterocycles. The minimum Gasteiger partial charge on any atom is -0.368 e. The summed E-state index contributed by atoms with van der Waals surface area (Å²) in [6.45, 7) is 1.93. The van der Waals surface area contributed by atoms with E-state index in [4.69, 9.17) is 17.3 Å². The fourth-order valence-corrected chi connectivity index (χ4v) is 1.70. The maximum Gasteiger partial charge on any atom is 0.240 e. The van der Waals surface area contributed by atoms with Crippen LogP contribution in [0.4, 0.5) is 0 Å². The van der Waals surface area contributed by atoms with E-state index in [0.29, 0.717) is 5.56 Å². The first-order valence-electron chi connectivity index (χ1n) is 4.88. The van der Waals surface area contributed by atoms with Gasteiger partial charge in [0.15, 0.2) is 0 Å². The topological polar surface area (TPSA) is 56.0 Å². The molecule has 82 valence electrons. The quantitative estimate of drug-likeness (QED) is 0.811. The number of carbonyl (C=O) groups is 1. The lowest BCUT2D eigenvalue weighted by atomic mass is 10.1. The molecule has 1 atom stereocenters. The van der Waals surface area contributed by atoms with Crippen LogP contribution in [0.3, 0.4) is 0 Å². The molecular weight excluding hydrogens is 224 g/mol. The average molecular weight is 235 g/mol. The second-order valence-electron chi connectivity index (χ2n) is 3.67. The Bertz CT molecular complexity index is 554. The maximum atomic E-state index is 11.0. The van der Waals surface area contributed by atoms with Crippen molar-refractivity contribution in [2.45, 2.75) is 12.3 Å². The Labute approximate surface area is 98.2 Å². The molecular formula is C12H11ClN2O. The average Bonchev–Trinajstić information content (AvgIpc) is 2.27. The molecule has 1 amide bonds. The minimum atomic E-state index is -0.786. The largest absolute Gasteiger partial charge is 0.368 e. The first kappa shape index (κ1) is 10.9. The number of fused-ring (bicyclic) bond motifs is 1. The van der Waals surface area contributed by atoms with E-state index in [1.165, 1.54) is 0 Å². The van der Waals surface area contributed by atoms with E-state index in [0.717, 1.165) is 16.6 Å². The summed E-state index contributed by atoms with van der Waals surface area (Å²) in [4.78, 5) is 15.3. The fourth-order valence-electron chi connectivity index (χ4n) is 1.57. The van der Waals surface area contributed by atoms with Gasteiger partial charge in [-0.2, -0.15) is 0 Å². The SMILES string of the molecule is Cc1ccc2cc(C(Cl)C(N)=O)ccc2n1. The summed E-state index contributed by atoms with van der Waals surface area (Å²) in [6, 6.07) is 9.32. The van der Waals surface area contributed by atoms with Crippen molar-refractivity contribution in [2.24, 2.45) is 5.73 Å². The van der Waals surface area contributed by atoms with Crippen LogP contribution in [0.25, 0.3) is 10.9 Å². The zero-order valence-corrected chi connectivity index (χ0v) is 9.53. The lowest BCUT2D eigenvalue weighted by Crippen LogP contribution is -2.16. The number of nitrogens with zero attached hydrogens (tertiary/aromatic N) is 1. The molecule has 0 bridgehead atoms. The lowest BCUT2D eigenvalue weighted by Gasteiger charge is -2.07. The van der Waals surface area contributed by atoms with E-state index < -0.39 is 11.3 Å². The monoisotopic (exact) mass is 234 g/mol. The highest BCUT2D eigenvalue weighted by molar-refractivity contribution is 6.30. The number of amides is 1. The number of hydrogen-bond acceptors (Lipinski definition) is 2. The van der Waals surface area contributed by atoms with Gasteiger partial charge in [0, 0.05) is 11.1 Å². The van der Waals surface area contributed by atoms with Crippen molar-refractivity contribution >= 4 is 28.4 Å². The molecule has 1 aromatic heterocycles. The molecule has 1 aromatic carbocycles. The highest BCUT2D eigenvalue weighted by atomic mass is 35.5. The van der Waals surface area contributed by atoms with E-state index in [-0.39, 0.29) is 0 Å². The van der Waals surface area contributed by atoms with Gasteiger partial charge in [-0.3, -0.25) is 9.78 Å². The van der Waals surface area contributed by atoms with Crippen LogP contribution in [-0.4, -0.2) is 10.9 Å². The zero-order chi connectivity index (χ0) is 11.7. The third-order valence-electron chi connectivity index (χ3n) is 2.39. The van der Waals surface area contributed by atoms with Crippen LogP contribution in [-0.2, 0) is 4.79 Å². The van der Waals surface area contributed by atoms with Crippen molar-refractivity contribution in [2.75, 3.05) is 0 Å². The molecule has 3 nitrogen and oxygen atoms in total. The van der Waals surface area contributed by atoms with E-state index >= 15 is 0 Å². The number of carbonyl (C=O) groups excluding carboxylic acids is 1. The van der Waals surface area contributed by atoms with Crippen molar-refractivity contribution in [3.05, 3.63) is 41.6 Å². The smallest absolute Gasteiger partial charge is 0.240 e. The third kappa shape index (κ3) is 1.99. The molecule has 0 aliphatic rings. The third-order valence-corrected chi connectivity index (χ3v) is 2.86. The predicted molar refractivity (Wildman–Crippen MR) is 64.3 cm³/mol. The molecule has 2 aromatic rings. The number of primary amides is 1. The van der Waals surface area contributed by atoms with Crippen LogP contribution in [0.1, 0.15) is 16.6 Å². The van der Waals surface area contributed by atoms with Gasteiger partial charge in [-0.25, -0.2) is 0 Å². The molecule has 2 rings (SSSR count). The number of nitrogens with two attached hydrogens (primary N) is 1. The molecule has 2 N–H and O–H groups in total. The number of rotatable bonds is 2. The van der Waals surface area contributed by atoms with Crippen LogP contribution in [0.2, 0.25) is 0 Å². The van der Waals surface area contributed by atoms with Gasteiger partial charge in [0.05, 0.1) is 5.52 Å². The number of halogens is 1. The summed E-state index contributed by atoms with van der Waals surface area (Å²) < 4.78 is 0. The Balaban J connectivity index is 2.52.